The van der Waals surface area contributed by atoms with E-state index in [2.05, 4.69) is 5.32 Å². The number of hydrogen-bond donors (Lipinski definition) is 1. The zero-order chi connectivity index (χ0) is 20.6. The average Bonchev–Trinajstić information content (AvgIpc) is 2.77. The molecule has 4 nitrogen and oxygen atoms in total. The third-order valence-electron chi connectivity index (χ3n) is 4.96. The molecule has 29 heavy (non-hydrogen) atoms. The maximum Gasteiger partial charge on any atom is 0.254 e. The highest BCUT2D eigenvalue weighted by atomic mass is 16.2. The molecule has 0 saturated heterocycles. The lowest BCUT2D eigenvalue weighted by Crippen LogP contribution is -2.30. The molecule has 3 aromatic rings. The summed E-state index contributed by atoms with van der Waals surface area (Å²) in [5, 5.41) is 2.94. The normalized spacial score (nSPS) is 10.4. The van der Waals surface area contributed by atoms with Gasteiger partial charge in [0.1, 0.15) is 0 Å². The molecule has 0 fully saturated rings. The molecule has 0 spiro atoms. The van der Waals surface area contributed by atoms with Crippen molar-refractivity contribution in [2.75, 3.05) is 6.54 Å². The molecule has 0 aliphatic rings. The Kier molecular flexibility index (Phi) is 6.80. The van der Waals surface area contributed by atoms with Crippen LogP contribution in [0.25, 0.3) is 0 Å². The number of aryl methyl sites for hydroxylation is 1. The van der Waals surface area contributed by atoms with Crippen LogP contribution in [0.3, 0.4) is 0 Å². The fourth-order valence-corrected chi connectivity index (χ4v) is 3.19. The number of hydrogen-bond acceptors (Lipinski definition) is 2. The van der Waals surface area contributed by atoms with Gasteiger partial charge in [0, 0.05) is 30.8 Å². The van der Waals surface area contributed by atoms with E-state index in [0.717, 1.165) is 16.7 Å². The molecule has 0 atom stereocenters. The molecule has 1 N–H and O–H groups in total. The van der Waals surface area contributed by atoms with Crippen molar-refractivity contribution >= 4 is 11.8 Å². The van der Waals surface area contributed by atoms with E-state index in [1.54, 1.807) is 29.2 Å². The van der Waals surface area contributed by atoms with Gasteiger partial charge in [-0.1, -0.05) is 60.7 Å². The SMILES string of the molecule is CCN(Cc1ccccc1)C(=O)c1cccc(C(=O)NCc2ccccc2C)c1. The molecule has 0 aromatic heterocycles. The van der Waals surface area contributed by atoms with Crippen LogP contribution in [0.2, 0.25) is 0 Å². The van der Waals surface area contributed by atoms with Crippen molar-refractivity contribution in [2.24, 2.45) is 0 Å². The molecule has 0 aliphatic carbocycles. The largest absolute Gasteiger partial charge is 0.348 e. The van der Waals surface area contributed by atoms with Crippen LogP contribution in [-0.4, -0.2) is 23.3 Å². The topological polar surface area (TPSA) is 49.4 Å². The summed E-state index contributed by atoms with van der Waals surface area (Å²) in [6, 6.07) is 24.8. The van der Waals surface area contributed by atoms with Gasteiger partial charge in [-0.05, 0) is 48.7 Å². The van der Waals surface area contributed by atoms with Gasteiger partial charge in [-0.2, -0.15) is 0 Å². The van der Waals surface area contributed by atoms with E-state index in [1.807, 2.05) is 68.4 Å². The van der Waals surface area contributed by atoms with Gasteiger partial charge in [-0.15, -0.1) is 0 Å². The molecule has 0 unspecified atom stereocenters. The van der Waals surface area contributed by atoms with Gasteiger partial charge in [0.2, 0.25) is 0 Å². The van der Waals surface area contributed by atoms with Crippen molar-refractivity contribution in [1.29, 1.82) is 0 Å². The highest BCUT2D eigenvalue weighted by molar-refractivity contribution is 5.99. The van der Waals surface area contributed by atoms with Crippen molar-refractivity contribution in [2.45, 2.75) is 26.9 Å². The lowest BCUT2D eigenvalue weighted by molar-refractivity contribution is 0.0752. The summed E-state index contributed by atoms with van der Waals surface area (Å²) in [5.74, 6) is -0.265. The predicted molar refractivity (Wildman–Crippen MR) is 116 cm³/mol. The second kappa shape index (κ2) is 9.69. The Morgan fingerprint density at radius 3 is 2.28 bits per heavy atom. The molecule has 4 heteroatoms. The fourth-order valence-electron chi connectivity index (χ4n) is 3.19. The van der Waals surface area contributed by atoms with Crippen LogP contribution in [0, 0.1) is 6.92 Å². The van der Waals surface area contributed by atoms with Gasteiger partial charge in [0.25, 0.3) is 11.8 Å². The summed E-state index contributed by atoms with van der Waals surface area (Å²) in [7, 11) is 0. The van der Waals surface area contributed by atoms with Gasteiger partial charge in [0.05, 0.1) is 0 Å². The average molecular weight is 386 g/mol. The monoisotopic (exact) mass is 386 g/mol. The van der Waals surface area contributed by atoms with Gasteiger partial charge in [0.15, 0.2) is 0 Å². The molecule has 0 heterocycles. The summed E-state index contributed by atoms with van der Waals surface area (Å²) < 4.78 is 0. The van der Waals surface area contributed by atoms with E-state index in [0.29, 0.717) is 30.8 Å². The number of carbonyl (C=O) groups is 2. The first-order valence-electron chi connectivity index (χ1n) is 9.84. The number of carbonyl (C=O) groups excluding carboxylic acids is 2. The zero-order valence-corrected chi connectivity index (χ0v) is 16.9. The number of amides is 2. The Labute approximate surface area is 172 Å². The van der Waals surface area contributed by atoms with E-state index in [9.17, 15) is 9.59 Å². The third-order valence-corrected chi connectivity index (χ3v) is 4.96. The Balaban J connectivity index is 1.69. The third kappa shape index (κ3) is 5.32. The molecule has 0 saturated carbocycles. The van der Waals surface area contributed by atoms with Crippen LogP contribution in [0.1, 0.15) is 44.3 Å². The summed E-state index contributed by atoms with van der Waals surface area (Å²) in [6.45, 7) is 5.57. The van der Waals surface area contributed by atoms with Crippen molar-refractivity contribution in [3.05, 3.63) is 107 Å². The van der Waals surface area contributed by atoms with E-state index in [-0.39, 0.29) is 11.8 Å². The number of nitrogens with one attached hydrogen (secondary N) is 1. The molecule has 0 radical (unpaired) electrons. The van der Waals surface area contributed by atoms with E-state index < -0.39 is 0 Å². The molecule has 0 bridgehead atoms. The molecule has 2 amide bonds. The van der Waals surface area contributed by atoms with E-state index in [1.165, 1.54) is 0 Å². The maximum atomic E-state index is 13.0. The first kappa shape index (κ1) is 20.3. The highest BCUT2D eigenvalue weighted by Crippen LogP contribution is 2.13. The van der Waals surface area contributed by atoms with Crippen LogP contribution in [0.4, 0.5) is 0 Å². The quantitative estimate of drug-likeness (QED) is 0.646. The van der Waals surface area contributed by atoms with Crippen LogP contribution in [-0.2, 0) is 13.1 Å². The summed E-state index contributed by atoms with van der Waals surface area (Å²) in [5.41, 5.74) is 4.30. The van der Waals surface area contributed by atoms with Crippen LogP contribution >= 0.6 is 0 Å². The Bertz CT molecular complexity index is 983. The van der Waals surface area contributed by atoms with E-state index in [4.69, 9.17) is 0 Å². The van der Waals surface area contributed by atoms with Crippen LogP contribution < -0.4 is 5.32 Å². The predicted octanol–water partition coefficient (Wildman–Crippen LogP) is 4.59. The number of rotatable bonds is 7. The molecule has 3 rings (SSSR count). The standard InChI is InChI=1S/C25H26N2O2/c1-3-27(18-20-11-5-4-6-12-20)25(29)22-15-9-14-21(16-22)24(28)26-17-23-13-8-7-10-19(23)2/h4-16H,3,17-18H2,1-2H3,(H,26,28). The van der Waals surface area contributed by atoms with Crippen molar-refractivity contribution in [3.8, 4) is 0 Å². The highest BCUT2D eigenvalue weighted by Gasteiger charge is 2.16. The minimum absolute atomic E-state index is 0.0788. The molecular formula is C25H26N2O2. The Morgan fingerprint density at radius 1 is 0.862 bits per heavy atom. The Hall–Kier alpha value is -3.40. The van der Waals surface area contributed by atoms with Gasteiger partial charge >= 0.3 is 0 Å². The number of nitrogens with zero attached hydrogens (tertiary/aromatic N) is 1. The summed E-state index contributed by atoms with van der Waals surface area (Å²) >= 11 is 0. The van der Waals surface area contributed by atoms with Crippen molar-refractivity contribution in [3.63, 3.8) is 0 Å². The Morgan fingerprint density at radius 2 is 1.55 bits per heavy atom. The van der Waals surface area contributed by atoms with Gasteiger partial charge in [-0.25, -0.2) is 0 Å². The maximum absolute atomic E-state index is 13.0. The van der Waals surface area contributed by atoms with E-state index >= 15 is 0 Å². The molecule has 3 aromatic carbocycles. The molecular weight excluding hydrogens is 360 g/mol. The minimum atomic E-state index is -0.186. The first-order chi connectivity index (χ1) is 14.1. The van der Waals surface area contributed by atoms with Crippen molar-refractivity contribution < 1.29 is 9.59 Å². The number of benzene rings is 3. The minimum Gasteiger partial charge on any atom is -0.348 e. The van der Waals surface area contributed by atoms with Crippen LogP contribution in [0.15, 0.2) is 78.9 Å². The van der Waals surface area contributed by atoms with Crippen molar-refractivity contribution in [1.82, 2.24) is 10.2 Å². The first-order valence-corrected chi connectivity index (χ1v) is 9.84. The second-order valence-corrected chi connectivity index (χ2v) is 6.99. The fraction of sp³-hybridized carbons (Fsp3) is 0.200. The lowest BCUT2D eigenvalue weighted by Gasteiger charge is -2.21. The second-order valence-electron chi connectivity index (χ2n) is 6.99. The van der Waals surface area contributed by atoms with Crippen LogP contribution in [0.5, 0.6) is 0 Å². The molecule has 148 valence electrons. The smallest absolute Gasteiger partial charge is 0.254 e. The molecule has 0 aliphatic heterocycles. The van der Waals surface area contributed by atoms with Gasteiger partial charge in [-0.3, -0.25) is 9.59 Å². The summed E-state index contributed by atoms with van der Waals surface area (Å²) in [6.07, 6.45) is 0. The lowest BCUT2D eigenvalue weighted by atomic mass is 10.1. The zero-order valence-electron chi connectivity index (χ0n) is 16.9. The summed E-state index contributed by atoms with van der Waals surface area (Å²) in [4.78, 5) is 27.3. The van der Waals surface area contributed by atoms with Gasteiger partial charge < -0.3 is 10.2 Å².